The van der Waals surface area contributed by atoms with E-state index in [1.54, 1.807) is 6.08 Å². The summed E-state index contributed by atoms with van der Waals surface area (Å²) < 4.78 is 0. The van der Waals surface area contributed by atoms with Gasteiger partial charge in [-0.1, -0.05) is 37.8 Å². The molecule has 4 heteroatoms. The summed E-state index contributed by atoms with van der Waals surface area (Å²) in [5, 5.41) is 11.8. The highest BCUT2D eigenvalue weighted by molar-refractivity contribution is 5.78. The van der Waals surface area contributed by atoms with Crippen LogP contribution >= 0.6 is 0 Å². The number of carboxylic acids is 1. The Morgan fingerprint density at radius 1 is 1.11 bits per heavy atom. The van der Waals surface area contributed by atoms with Gasteiger partial charge in [-0.15, -0.1) is 0 Å². The van der Waals surface area contributed by atoms with Gasteiger partial charge < -0.3 is 10.4 Å². The van der Waals surface area contributed by atoms with Gasteiger partial charge >= 0.3 is 5.97 Å². The summed E-state index contributed by atoms with van der Waals surface area (Å²) in [6.07, 6.45) is 12.0. The van der Waals surface area contributed by atoms with Crippen LogP contribution in [0.5, 0.6) is 0 Å². The lowest BCUT2D eigenvalue weighted by Gasteiger charge is -2.16. The average Bonchev–Trinajstić information content (AvgIpc) is 2.67. The summed E-state index contributed by atoms with van der Waals surface area (Å²) in [7, 11) is 0. The van der Waals surface area contributed by atoms with E-state index in [-0.39, 0.29) is 11.9 Å². The fourth-order valence-electron chi connectivity index (χ4n) is 3.09. The largest absolute Gasteiger partial charge is 0.481 e. The fourth-order valence-corrected chi connectivity index (χ4v) is 3.09. The molecule has 0 aromatic rings. The zero-order valence-electron chi connectivity index (χ0n) is 11.3. The number of rotatable bonds is 4. The van der Waals surface area contributed by atoms with Crippen LogP contribution in [-0.4, -0.2) is 23.0 Å². The first-order valence-electron chi connectivity index (χ1n) is 7.35. The normalized spacial score (nSPS) is 28.0. The molecule has 106 valence electrons. The van der Waals surface area contributed by atoms with Crippen LogP contribution in [0.25, 0.3) is 0 Å². The highest BCUT2D eigenvalue weighted by atomic mass is 16.4. The number of carboxylic acid groups (broad SMARTS) is 1. The minimum atomic E-state index is -0.809. The molecule has 19 heavy (non-hydrogen) atoms. The van der Waals surface area contributed by atoms with Crippen LogP contribution < -0.4 is 5.32 Å². The zero-order valence-corrected chi connectivity index (χ0v) is 11.3. The van der Waals surface area contributed by atoms with E-state index >= 15 is 0 Å². The van der Waals surface area contributed by atoms with E-state index in [0.29, 0.717) is 18.8 Å². The highest BCUT2D eigenvalue weighted by Gasteiger charge is 2.26. The second kappa shape index (κ2) is 6.73. The Labute approximate surface area is 114 Å². The summed E-state index contributed by atoms with van der Waals surface area (Å²) >= 11 is 0. The van der Waals surface area contributed by atoms with Gasteiger partial charge in [-0.3, -0.25) is 9.59 Å². The molecule has 0 saturated heterocycles. The van der Waals surface area contributed by atoms with Gasteiger partial charge in [-0.05, 0) is 25.2 Å². The van der Waals surface area contributed by atoms with E-state index in [9.17, 15) is 9.59 Å². The molecule has 1 saturated carbocycles. The van der Waals surface area contributed by atoms with Gasteiger partial charge in [0.05, 0.1) is 5.92 Å². The Morgan fingerprint density at radius 2 is 1.79 bits per heavy atom. The molecule has 4 nitrogen and oxygen atoms in total. The predicted octanol–water partition coefficient (Wildman–Crippen LogP) is 2.49. The zero-order chi connectivity index (χ0) is 13.7. The van der Waals surface area contributed by atoms with Crippen molar-refractivity contribution in [2.24, 2.45) is 11.8 Å². The molecule has 1 fully saturated rings. The molecule has 0 spiro atoms. The maximum absolute atomic E-state index is 12.0. The van der Waals surface area contributed by atoms with Gasteiger partial charge in [0.2, 0.25) is 5.91 Å². The van der Waals surface area contributed by atoms with E-state index < -0.39 is 11.9 Å². The number of aliphatic carboxylic acids is 1. The van der Waals surface area contributed by atoms with Crippen molar-refractivity contribution in [1.29, 1.82) is 0 Å². The SMILES string of the molecule is O=C(CC1CCCCCC1)NC1C=CC(C(=O)O)C1. The first-order valence-corrected chi connectivity index (χ1v) is 7.35. The molecule has 2 N–H and O–H groups in total. The van der Waals surface area contributed by atoms with Crippen molar-refractivity contribution in [3.63, 3.8) is 0 Å². The number of amides is 1. The maximum Gasteiger partial charge on any atom is 0.310 e. The highest BCUT2D eigenvalue weighted by Crippen LogP contribution is 2.25. The Hall–Kier alpha value is -1.32. The molecule has 0 heterocycles. The molecular formula is C15H23NO3. The number of hydrogen-bond acceptors (Lipinski definition) is 2. The minimum absolute atomic E-state index is 0.0765. The molecule has 0 aromatic carbocycles. The van der Waals surface area contributed by atoms with Crippen molar-refractivity contribution in [2.45, 2.75) is 57.4 Å². The van der Waals surface area contributed by atoms with Crippen molar-refractivity contribution in [3.05, 3.63) is 12.2 Å². The Bertz CT molecular complexity index is 356. The van der Waals surface area contributed by atoms with Crippen LogP contribution in [0.2, 0.25) is 0 Å². The molecule has 0 aromatic heterocycles. The Morgan fingerprint density at radius 3 is 2.37 bits per heavy atom. The molecular weight excluding hydrogens is 242 g/mol. The number of hydrogen-bond donors (Lipinski definition) is 2. The summed E-state index contributed by atoms with van der Waals surface area (Å²) in [6.45, 7) is 0. The van der Waals surface area contributed by atoms with E-state index in [1.165, 1.54) is 25.7 Å². The van der Waals surface area contributed by atoms with Crippen molar-refractivity contribution in [3.8, 4) is 0 Å². The van der Waals surface area contributed by atoms with E-state index in [4.69, 9.17) is 5.11 Å². The molecule has 0 radical (unpaired) electrons. The summed E-state index contributed by atoms with van der Waals surface area (Å²) in [4.78, 5) is 22.8. The van der Waals surface area contributed by atoms with Crippen molar-refractivity contribution in [1.82, 2.24) is 5.32 Å². The number of carbonyl (C=O) groups is 2. The summed E-state index contributed by atoms with van der Waals surface area (Å²) in [6, 6.07) is -0.0978. The number of nitrogens with one attached hydrogen (secondary N) is 1. The van der Waals surface area contributed by atoms with Crippen LogP contribution in [0, 0.1) is 11.8 Å². The molecule has 0 bridgehead atoms. The smallest absolute Gasteiger partial charge is 0.310 e. The van der Waals surface area contributed by atoms with Crippen LogP contribution in [0.1, 0.15) is 51.4 Å². The van der Waals surface area contributed by atoms with Crippen molar-refractivity contribution in [2.75, 3.05) is 0 Å². The first kappa shape index (κ1) is 14.1. The van der Waals surface area contributed by atoms with Crippen LogP contribution in [-0.2, 0) is 9.59 Å². The predicted molar refractivity (Wildman–Crippen MR) is 72.6 cm³/mol. The molecule has 0 aliphatic heterocycles. The summed E-state index contributed by atoms with van der Waals surface area (Å²) in [5.74, 6) is -0.657. The van der Waals surface area contributed by atoms with E-state index in [0.717, 1.165) is 12.8 Å². The third-order valence-corrected chi connectivity index (χ3v) is 4.20. The van der Waals surface area contributed by atoms with Gasteiger partial charge in [-0.2, -0.15) is 0 Å². The molecule has 2 rings (SSSR count). The molecule has 1 amide bonds. The van der Waals surface area contributed by atoms with Crippen LogP contribution in [0.3, 0.4) is 0 Å². The van der Waals surface area contributed by atoms with Gasteiger partial charge in [-0.25, -0.2) is 0 Å². The van der Waals surface area contributed by atoms with Crippen LogP contribution in [0.4, 0.5) is 0 Å². The molecule has 2 aliphatic rings. The van der Waals surface area contributed by atoms with Gasteiger partial charge in [0.25, 0.3) is 0 Å². The monoisotopic (exact) mass is 265 g/mol. The lowest BCUT2D eigenvalue weighted by atomic mass is 9.96. The quantitative estimate of drug-likeness (QED) is 0.606. The maximum atomic E-state index is 12.0. The second-order valence-corrected chi connectivity index (χ2v) is 5.80. The topological polar surface area (TPSA) is 66.4 Å². The Balaban J connectivity index is 1.72. The van der Waals surface area contributed by atoms with Gasteiger partial charge in [0, 0.05) is 12.5 Å². The van der Waals surface area contributed by atoms with Crippen LogP contribution in [0.15, 0.2) is 12.2 Å². The third kappa shape index (κ3) is 4.37. The molecule has 2 aliphatic carbocycles. The third-order valence-electron chi connectivity index (χ3n) is 4.20. The fraction of sp³-hybridized carbons (Fsp3) is 0.733. The van der Waals surface area contributed by atoms with Gasteiger partial charge in [0.1, 0.15) is 0 Å². The minimum Gasteiger partial charge on any atom is -0.481 e. The lowest BCUT2D eigenvalue weighted by molar-refractivity contribution is -0.140. The van der Waals surface area contributed by atoms with E-state index in [1.807, 2.05) is 6.08 Å². The second-order valence-electron chi connectivity index (χ2n) is 5.80. The standard InChI is InChI=1S/C15H23NO3/c17-14(9-11-5-3-1-2-4-6-11)16-13-8-7-12(10-13)15(18)19/h7-8,11-13H,1-6,9-10H2,(H,16,17)(H,18,19). The first-order chi connectivity index (χ1) is 9.15. The molecule has 2 atom stereocenters. The molecule has 2 unspecified atom stereocenters. The van der Waals surface area contributed by atoms with E-state index in [2.05, 4.69) is 5.32 Å². The van der Waals surface area contributed by atoms with Crippen molar-refractivity contribution >= 4 is 11.9 Å². The Kier molecular flexibility index (Phi) is 5.00. The van der Waals surface area contributed by atoms with Crippen molar-refractivity contribution < 1.29 is 14.7 Å². The lowest BCUT2D eigenvalue weighted by Crippen LogP contribution is -2.34. The number of carbonyl (C=O) groups excluding carboxylic acids is 1. The summed E-state index contributed by atoms with van der Waals surface area (Å²) in [5.41, 5.74) is 0. The van der Waals surface area contributed by atoms with Gasteiger partial charge in [0.15, 0.2) is 0 Å². The average molecular weight is 265 g/mol.